The summed E-state index contributed by atoms with van der Waals surface area (Å²) in [5.74, 6) is 1.15. The Bertz CT molecular complexity index is 1840. The zero-order valence-corrected chi connectivity index (χ0v) is 30.1. The van der Waals surface area contributed by atoms with E-state index >= 15 is 0 Å². The number of aryl methyl sites for hydroxylation is 1. The van der Waals surface area contributed by atoms with Gasteiger partial charge in [0.2, 0.25) is 11.8 Å². The Morgan fingerprint density at radius 1 is 1.04 bits per heavy atom. The normalized spacial score (nSPS) is 17.9. The number of hydrogen-bond donors (Lipinski definition) is 1. The first kappa shape index (κ1) is 34.9. The Balaban J connectivity index is 1.37. The lowest BCUT2D eigenvalue weighted by Gasteiger charge is -2.28. The number of unbranched alkanes of at least 4 members (excludes halogenated alkanes) is 1. The molecule has 0 unspecified atom stereocenters. The van der Waals surface area contributed by atoms with Crippen molar-refractivity contribution in [1.82, 2.24) is 15.0 Å². The Morgan fingerprint density at radius 3 is 2.47 bits per heavy atom. The number of nitrogens with one attached hydrogen (secondary N) is 1. The molecule has 2 amide bonds. The third kappa shape index (κ3) is 7.18. The molecular weight excluding hydrogens is 639 g/mol. The first-order valence-corrected chi connectivity index (χ1v) is 19.3. The van der Waals surface area contributed by atoms with Crippen molar-refractivity contribution in [3.05, 3.63) is 64.8 Å². The third-order valence-electron chi connectivity index (χ3n) is 10.6. The molecule has 11 heteroatoms. The molecule has 10 nitrogen and oxygen atoms in total. The lowest BCUT2D eigenvalue weighted by atomic mass is 9.88. The predicted molar refractivity (Wildman–Crippen MR) is 190 cm³/mol. The van der Waals surface area contributed by atoms with Crippen LogP contribution >= 0.6 is 0 Å². The zero-order valence-electron chi connectivity index (χ0n) is 29.3. The van der Waals surface area contributed by atoms with Gasteiger partial charge >= 0.3 is 0 Å². The van der Waals surface area contributed by atoms with E-state index in [9.17, 15) is 18.0 Å². The van der Waals surface area contributed by atoms with Crippen LogP contribution in [0.1, 0.15) is 106 Å². The number of sulfonamides is 1. The minimum atomic E-state index is -4.08. The van der Waals surface area contributed by atoms with E-state index in [1.165, 1.54) is 0 Å². The highest BCUT2D eigenvalue weighted by molar-refractivity contribution is 7.92. The number of anilines is 1. The smallest absolute Gasteiger partial charge is 0.264 e. The molecule has 6 rings (SSSR count). The lowest BCUT2D eigenvalue weighted by molar-refractivity contribution is -0.135. The van der Waals surface area contributed by atoms with Gasteiger partial charge in [0.1, 0.15) is 11.4 Å². The number of carbonyl (C=O) groups excluding carboxylic acids is 2. The fourth-order valence-corrected chi connectivity index (χ4v) is 8.89. The first-order chi connectivity index (χ1) is 23.5. The molecule has 0 saturated heterocycles. The first-order valence-electron chi connectivity index (χ1n) is 17.9. The van der Waals surface area contributed by atoms with Gasteiger partial charge in [-0.05, 0) is 68.7 Å². The van der Waals surface area contributed by atoms with Crippen molar-refractivity contribution in [1.29, 1.82) is 0 Å². The predicted octanol–water partition coefficient (Wildman–Crippen LogP) is 7.54. The van der Waals surface area contributed by atoms with Crippen LogP contribution in [0.15, 0.2) is 56.9 Å². The molecule has 2 aliphatic carbocycles. The molecular formula is C38H49N5O5S. The van der Waals surface area contributed by atoms with E-state index in [0.29, 0.717) is 35.5 Å². The Hall–Kier alpha value is -3.99. The molecule has 0 bridgehead atoms. The van der Waals surface area contributed by atoms with Gasteiger partial charge in [0, 0.05) is 37.1 Å². The van der Waals surface area contributed by atoms with Crippen LogP contribution in [0.25, 0.3) is 11.1 Å². The van der Waals surface area contributed by atoms with E-state index in [4.69, 9.17) is 9.52 Å². The molecule has 1 N–H and O–H groups in total. The van der Waals surface area contributed by atoms with E-state index in [1.807, 2.05) is 36.2 Å². The maximum absolute atomic E-state index is 13.9. The van der Waals surface area contributed by atoms with E-state index in [2.05, 4.69) is 16.8 Å². The van der Waals surface area contributed by atoms with Gasteiger partial charge in [0.25, 0.3) is 15.9 Å². The average molecular weight is 688 g/mol. The summed E-state index contributed by atoms with van der Waals surface area (Å²) in [6, 6.07) is 12.8. The number of rotatable bonds is 12. The Kier molecular flexibility index (Phi) is 10.3. The van der Waals surface area contributed by atoms with Crippen molar-refractivity contribution in [3.8, 4) is 11.1 Å². The Morgan fingerprint density at radius 2 is 1.78 bits per heavy atom. The molecule has 2 saturated carbocycles. The number of aliphatic imine (C=N–C) groups is 1. The van der Waals surface area contributed by atoms with Gasteiger partial charge in [-0.1, -0.05) is 87.0 Å². The van der Waals surface area contributed by atoms with Crippen molar-refractivity contribution in [2.75, 3.05) is 11.8 Å². The summed E-state index contributed by atoms with van der Waals surface area (Å²) in [5, 5.41) is 3.90. The highest BCUT2D eigenvalue weighted by Gasteiger charge is 2.49. The number of amides is 2. The molecule has 0 atom stereocenters. The highest BCUT2D eigenvalue weighted by Crippen LogP contribution is 2.41. The summed E-state index contributed by atoms with van der Waals surface area (Å²) in [7, 11) is -2.25. The van der Waals surface area contributed by atoms with Crippen LogP contribution in [-0.2, 0) is 32.7 Å². The van der Waals surface area contributed by atoms with Gasteiger partial charge in [-0.2, -0.15) is 0 Å². The van der Waals surface area contributed by atoms with Crippen LogP contribution in [-0.4, -0.2) is 53.6 Å². The molecule has 0 radical (unpaired) electrons. The summed E-state index contributed by atoms with van der Waals surface area (Å²) >= 11 is 0. The van der Waals surface area contributed by atoms with Crippen LogP contribution in [0, 0.1) is 19.8 Å². The van der Waals surface area contributed by atoms with E-state index in [0.717, 1.165) is 94.0 Å². The Labute approximate surface area is 290 Å². The topological polar surface area (TPSA) is 125 Å². The van der Waals surface area contributed by atoms with Gasteiger partial charge in [-0.25, -0.2) is 13.1 Å². The standard InChI is InChI=1S/C38H49N5O5S/c1-5-6-18-34-39-38(21-12-13-22-38)37(45)43(34)24-28-19-20-31(30(23-28)25-42(4)36(44)29-14-8-7-9-15-29)32-16-10-11-17-33(32)49(46,47)41-35-26(2)27(3)40-48-35/h10-11,16-17,19-20,23,29,41H,5-9,12-15,18,21-22,24-25H2,1-4H3. The zero-order chi connectivity index (χ0) is 34.8. The van der Waals surface area contributed by atoms with Crippen molar-refractivity contribution in [3.63, 3.8) is 0 Å². The minimum absolute atomic E-state index is 0.00185. The van der Waals surface area contributed by atoms with Crippen molar-refractivity contribution >= 4 is 33.6 Å². The molecule has 1 aliphatic heterocycles. The van der Waals surface area contributed by atoms with Crippen molar-refractivity contribution in [2.24, 2.45) is 10.9 Å². The second kappa shape index (κ2) is 14.5. The molecule has 1 spiro atoms. The van der Waals surface area contributed by atoms with Gasteiger partial charge < -0.3 is 9.42 Å². The van der Waals surface area contributed by atoms with Gasteiger partial charge in [-0.3, -0.25) is 19.5 Å². The fourth-order valence-electron chi connectivity index (χ4n) is 7.63. The van der Waals surface area contributed by atoms with Crippen molar-refractivity contribution < 1.29 is 22.5 Å². The summed E-state index contributed by atoms with van der Waals surface area (Å²) in [4.78, 5) is 36.4. The number of nitrogens with zero attached hydrogens (tertiary/aromatic N) is 4. The van der Waals surface area contributed by atoms with E-state index < -0.39 is 15.6 Å². The number of carbonyl (C=O) groups is 2. The molecule has 2 aromatic carbocycles. The lowest BCUT2D eigenvalue weighted by Crippen LogP contribution is -2.40. The maximum Gasteiger partial charge on any atom is 0.264 e. The monoisotopic (exact) mass is 687 g/mol. The maximum atomic E-state index is 13.9. The van der Waals surface area contributed by atoms with Crippen molar-refractivity contribution in [2.45, 2.75) is 121 Å². The molecule has 262 valence electrons. The summed E-state index contributed by atoms with van der Waals surface area (Å²) in [5.41, 5.74) is 3.54. The number of benzene rings is 2. The van der Waals surface area contributed by atoms with Crippen LogP contribution < -0.4 is 4.72 Å². The molecule has 1 aromatic heterocycles. The van der Waals surface area contributed by atoms with Gasteiger partial charge in [-0.15, -0.1) is 0 Å². The van der Waals surface area contributed by atoms with Gasteiger partial charge in [0.15, 0.2) is 0 Å². The van der Waals surface area contributed by atoms with E-state index in [1.54, 1.807) is 36.9 Å². The highest BCUT2D eigenvalue weighted by atomic mass is 32.2. The fraction of sp³-hybridized carbons (Fsp3) is 0.526. The number of hydrogen-bond acceptors (Lipinski definition) is 7. The quantitative estimate of drug-likeness (QED) is 0.210. The number of amidine groups is 1. The van der Waals surface area contributed by atoms with Gasteiger partial charge in [0.05, 0.1) is 17.1 Å². The summed E-state index contributed by atoms with van der Waals surface area (Å²) in [6.07, 6.45) is 11.4. The van der Waals surface area contributed by atoms with Crippen LogP contribution in [0.4, 0.5) is 5.88 Å². The molecule has 2 heterocycles. The van der Waals surface area contributed by atoms with Crippen LogP contribution in [0.3, 0.4) is 0 Å². The summed E-state index contributed by atoms with van der Waals surface area (Å²) in [6.45, 7) is 6.33. The molecule has 49 heavy (non-hydrogen) atoms. The van der Waals surface area contributed by atoms with Crippen LogP contribution in [0.2, 0.25) is 0 Å². The van der Waals surface area contributed by atoms with E-state index in [-0.39, 0.29) is 28.5 Å². The average Bonchev–Trinajstić information content (AvgIpc) is 3.78. The van der Waals surface area contributed by atoms with Crippen LogP contribution in [0.5, 0.6) is 0 Å². The number of aromatic nitrogens is 1. The minimum Gasteiger partial charge on any atom is -0.341 e. The molecule has 2 fully saturated rings. The molecule has 3 aliphatic rings. The SMILES string of the molecule is CCCCC1=NC2(CCCC2)C(=O)N1Cc1ccc(-c2ccccc2S(=O)(=O)Nc2onc(C)c2C)c(CN(C)C(=O)C2CCCCC2)c1. The second-order valence-corrected chi connectivity index (χ2v) is 15.8. The largest absolute Gasteiger partial charge is 0.341 e. The summed E-state index contributed by atoms with van der Waals surface area (Å²) < 4.78 is 35.6. The molecule has 3 aromatic rings. The third-order valence-corrected chi connectivity index (χ3v) is 12.0. The second-order valence-electron chi connectivity index (χ2n) is 14.1.